The van der Waals surface area contributed by atoms with Crippen LogP contribution in [-0.2, 0) is 6.42 Å². The topological polar surface area (TPSA) is 38.9 Å². The van der Waals surface area contributed by atoms with Crippen LogP contribution >= 0.6 is 11.3 Å². The van der Waals surface area contributed by atoms with Gasteiger partial charge in [0, 0.05) is 10.9 Å². The largest absolute Gasteiger partial charge is 0.330 e. The lowest BCUT2D eigenvalue weighted by molar-refractivity contribution is 0.742. The Balaban J connectivity index is 2.04. The highest BCUT2D eigenvalue weighted by Crippen LogP contribution is 2.23. The maximum Gasteiger partial charge on any atom is 0.0932 e. The Labute approximate surface area is 107 Å². The molecule has 1 aromatic heterocycles. The van der Waals surface area contributed by atoms with Crippen molar-refractivity contribution in [3.8, 4) is 11.3 Å². The lowest BCUT2D eigenvalue weighted by atomic mass is 10.1. The van der Waals surface area contributed by atoms with Crippen LogP contribution in [0.2, 0.25) is 0 Å². The minimum absolute atomic E-state index is 0.774. The molecular formula is C14H18N2S. The predicted octanol–water partition coefficient (Wildman–Crippen LogP) is 3.40. The van der Waals surface area contributed by atoms with Gasteiger partial charge in [0.05, 0.1) is 10.7 Å². The van der Waals surface area contributed by atoms with Crippen molar-refractivity contribution in [3.63, 3.8) is 0 Å². The van der Waals surface area contributed by atoms with Crippen molar-refractivity contribution >= 4 is 11.3 Å². The van der Waals surface area contributed by atoms with Gasteiger partial charge in [0.1, 0.15) is 0 Å². The zero-order chi connectivity index (χ0) is 12.1. The molecule has 2 aromatic rings. The monoisotopic (exact) mass is 246 g/mol. The van der Waals surface area contributed by atoms with E-state index in [2.05, 4.69) is 41.6 Å². The fraction of sp³-hybridized carbons (Fsp3) is 0.357. The predicted molar refractivity (Wildman–Crippen MR) is 74.3 cm³/mol. The number of unbranched alkanes of at least 4 members (excludes halogenated alkanes) is 1. The smallest absolute Gasteiger partial charge is 0.0932 e. The molecule has 0 atom stereocenters. The van der Waals surface area contributed by atoms with E-state index in [0.29, 0.717) is 0 Å². The van der Waals surface area contributed by atoms with E-state index in [-0.39, 0.29) is 0 Å². The van der Waals surface area contributed by atoms with Crippen molar-refractivity contribution < 1.29 is 0 Å². The molecule has 1 heterocycles. The van der Waals surface area contributed by atoms with Gasteiger partial charge in [-0.3, -0.25) is 0 Å². The number of nitrogens with zero attached hydrogens (tertiary/aromatic N) is 1. The van der Waals surface area contributed by atoms with Crippen LogP contribution in [0.25, 0.3) is 11.3 Å². The number of rotatable bonds is 5. The summed E-state index contributed by atoms with van der Waals surface area (Å²) >= 11 is 1.75. The molecule has 2 nitrogen and oxygen atoms in total. The standard InChI is InChI=1S/C14H18N2S/c1-11-5-7-12(8-6-11)13-10-17-14(16-13)4-2-3-9-15/h5-8,10H,2-4,9,15H2,1H3. The van der Waals surface area contributed by atoms with Gasteiger partial charge in [-0.05, 0) is 32.7 Å². The third-order valence-electron chi connectivity index (χ3n) is 2.74. The Kier molecular flexibility index (Phi) is 4.29. The minimum Gasteiger partial charge on any atom is -0.330 e. The Hall–Kier alpha value is -1.19. The average molecular weight is 246 g/mol. The molecule has 0 saturated carbocycles. The fourth-order valence-corrected chi connectivity index (χ4v) is 2.55. The molecule has 0 bridgehead atoms. The zero-order valence-corrected chi connectivity index (χ0v) is 11.0. The molecule has 2 rings (SSSR count). The van der Waals surface area contributed by atoms with Gasteiger partial charge in [-0.15, -0.1) is 11.3 Å². The Morgan fingerprint density at radius 1 is 1.18 bits per heavy atom. The first-order chi connectivity index (χ1) is 8.29. The number of benzene rings is 1. The van der Waals surface area contributed by atoms with E-state index in [1.54, 1.807) is 11.3 Å². The van der Waals surface area contributed by atoms with E-state index in [0.717, 1.165) is 31.5 Å². The van der Waals surface area contributed by atoms with Gasteiger partial charge in [0.2, 0.25) is 0 Å². The second-order valence-electron chi connectivity index (χ2n) is 4.24. The molecule has 0 fully saturated rings. The van der Waals surface area contributed by atoms with Crippen molar-refractivity contribution in [1.29, 1.82) is 0 Å². The van der Waals surface area contributed by atoms with Crippen molar-refractivity contribution in [2.45, 2.75) is 26.2 Å². The van der Waals surface area contributed by atoms with E-state index in [4.69, 9.17) is 5.73 Å². The van der Waals surface area contributed by atoms with Crippen LogP contribution in [0.1, 0.15) is 23.4 Å². The highest BCUT2D eigenvalue weighted by atomic mass is 32.1. The van der Waals surface area contributed by atoms with Gasteiger partial charge in [0.25, 0.3) is 0 Å². The molecule has 0 spiro atoms. The Morgan fingerprint density at radius 2 is 1.94 bits per heavy atom. The summed E-state index contributed by atoms with van der Waals surface area (Å²) in [5.41, 5.74) is 9.07. The lowest BCUT2D eigenvalue weighted by Gasteiger charge is -1.97. The van der Waals surface area contributed by atoms with Gasteiger partial charge >= 0.3 is 0 Å². The highest BCUT2D eigenvalue weighted by Gasteiger charge is 2.03. The maximum atomic E-state index is 5.49. The summed E-state index contributed by atoms with van der Waals surface area (Å²) in [6.45, 7) is 2.87. The van der Waals surface area contributed by atoms with E-state index in [1.165, 1.54) is 16.1 Å². The van der Waals surface area contributed by atoms with E-state index < -0.39 is 0 Å². The molecule has 3 heteroatoms. The number of aromatic nitrogens is 1. The van der Waals surface area contributed by atoms with Gasteiger partial charge in [-0.1, -0.05) is 29.8 Å². The number of hydrogen-bond donors (Lipinski definition) is 1. The summed E-state index contributed by atoms with van der Waals surface area (Å²) < 4.78 is 0. The van der Waals surface area contributed by atoms with Crippen molar-refractivity contribution in [3.05, 3.63) is 40.2 Å². The molecule has 90 valence electrons. The van der Waals surface area contributed by atoms with Crippen LogP contribution in [0.4, 0.5) is 0 Å². The SMILES string of the molecule is Cc1ccc(-c2csc(CCCCN)n2)cc1. The molecule has 0 aliphatic rings. The number of hydrogen-bond acceptors (Lipinski definition) is 3. The first kappa shape index (κ1) is 12.3. The number of aryl methyl sites for hydroxylation is 2. The quantitative estimate of drug-likeness (QED) is 0.821. The molecule has 0 unspecified atom stereocenters. The molecule has 0 aliphatic carbocycles. The Morgan fingerprint density at radius 3 is 2.65 bits per heavy atom. The van der Waals surface area contributed by atoms with Gasteiger partial charge in [0.15, 0.2) is 0 Å². The van der Waals surface area contributed by atoms with Gasteiger partial charge < -0.3 is 5.73 Å². The number of nitrogens with two attached hydrogens (primary N) is 1. The van der Waals surface area contributed by atoms with Crippen LogP contribution in [-0.4, -0.2) is 11.5 Å². The highest BCUT2D eigenvalue weighted by molar-refractivity contribution is 7.09. The molecule has 0 amide bonds. The van der Waals surface area contributed by atoms with Crippen LogP contribution in [0.5, 0.6) is 0 Å². The second-order valence-corrected chi connectivity index (χ2v) is 5.18. The summed E-state index contributed by atoms with van der Waals surface area (Å²) in [5.74, 6) is 0. The summed E-state index contributed by atoms with van der Waals surface area (Å²) in [5, 5.41) is 3.36. The fourth-order valence-electron chi connectivity index (χ4n) is 1.70. The summed E-state index contributed by atoms with van der Waals surface area (Å²) in [6, 6.07) is 8.52. The molecule has 1 aromatic carbocycles. The van der Waals surface area contributed by atoms with Gasteiger partial charge in [-0.25, -0.2) is 4.98 Å². The molecule has 0 aliphatic heterocycles. The van der Waals surface area contributed by atoms with E-state index in [1.807, 2.05) is 0 Å². The number of thiazole rings is 1. The van der Waals surface area contributed by atoms with Crippen molar-refractivity contribution in [1.82, 2.24) is 4.98 Å². The summed E-state index contributed by atoms with van der Waals surface area (Å²) in [7, 11) is 0. The molecule has 2 N–H and O–H groups in total. The minimum atomic E-state index is 0.774. The maximum absolute atomic E-state index is 5.49. The second kappa shape index (κ2) is 5.94. The molecule has 0 saturated heterocycles. The Bertz CT molecular complexity index is 459. The van der Waals surface area contributed by atoms with Crippen molar-refractivity contribution in [2.75, 3.05) is 6.54 Å². The first-order valence-corrected chi connectivity index (χ1v) is 6.89. The summed E-state index contributed by atoms with van der Waals surface area (Å²) in [4.78, 5) is 4.66. The molecule has 0 radical (unpaired) electrons. The van der Waals surface area contributed by atoms with Crippen LogP contribution in [0, 0.1) is 6.92 Å². The lowest BCUT2D eigenvalue weighted by Crippen LogP contribution is -1.98. The first-order valence-electron chi connectivity index (χ1n) is 6.01. The van der Waals surface area contributed by atoms with Crippen LogP contribution in [0.3, 0.4) is 0 Å². The normalized spacial score (nSPS) is 10.7. The third-order valence-corrected chi connectivity index (χ3v) is 3.65. The molecular weight excluding hydrogens is 228 g/mol. The third kappa shape index (κ3) is 3.38. The average Bonchev–Trinajstić information content (AvgIpc) is 2.79. The van der Waals surface area contributed by atoms with Crippen LogP contribution < -0.4 is 5.73 Å². The zero-order valence-electron chi connectivity index (χ0n) is 10.1. The van der Waals surface area contributed by atoms with E-state index >= 15 is 0 Å². The van der Waals surface area contributed by atoms with Gasteiger partial charge in [-0.2, -0.15) is 0 Å². The van der Waals surface area contributed by atoms with Crippen LogP contribution in [0.15, 0.2) is 29.6 Å². The molecule has 17 heavy (non-hydrogen) atoms. The van der Waals surface area contributed by atoms with E-state index in [9.17, 15) is 0 Å². The summed E-state index contributed by atoms with van der Waals surface area (Å²) in [6.07, 6.45) is 3.27. The van der Waals surface area contributed by atoms with Crippen molar-refractivity contribution in [2.24, 2.45) is 5.73 Å².